The molecular weight excluding hydrogens is 390 g/mol. The summed E-state index contributed by atoms with van der Waals surface area (Å²) in [6.45, 7) is 3.02. The second-order valence-corrected chi connectivity index (χ2v) is 10.1. The average molecular weight is 422 g/mol. The third kappa shape index (κ3) is 3.98. The van der Waals surface area contributed by atoms with Gasteiger partial charge in [0.05, 0.1) is 6.54 Å². The van der Waals surface area contributed by atoms with Crippen LogP contribution in [0.25, 0.3) is 0 Å². The predicted octanol–water partition coefficient (Wildman–Crippen LogP) is 3.54. The second-order valence-electron chi connectivity index (χ2n) is 10.1. The molecule has 0 radical (unpaired) electrons. The largest absolute Gasteiger partial charge is 0.486 e. The van der Waals surface area contributed by atoms with Crippen molar-refractivity contribution in [1.29, 1.82) is 5.26 Å². The summed E-state index contributed by atoms with van der Waals surface area (Å²) in [5.41, 5.74) is 0.327. The third-order valence-corrected chi connectivity index (χ3v) is 7.88. The smallest absolute Gasteiger partial charge is 0.263 e. The fourth-order valence-corrected chi connectivity index (χ4v) is 6.74. The Morgan fingerprint density at radius 3 is 2.48 bits per heavy atom. The Kier molecular flexibility index (Phi) is 5.29. The van der Waals surface area contributed by atoms with Gasteiger partial charge in [0.25, 0.3) is 5.91 Å². The van der Waals surface area contributed by atoms with Crippen molar-refractivity contribution >= 4 is 5.91 Å². The van der Waals surface area contributed by atoms with E-state index in [1.54, 1.807) is 0 Å². The molecule has 6 rings (SSSR count). The van der Waals surface area contributed by atoms with E-state index in [0.29, 0.717) is 18.9 Å². The molecule has 1 aromatic rings. The SMILES string of the molecule is CC(NC(=O)/C(C#N)=C\NCC1COc2ccccc2O1)C12CC3CC(CC(C3)C1)C2. The second kappa shape index (κ2) is 8.11. The summed E-state index contributed by atoms with van der Waals surface area (Å²) < 4.78 is 11.6. The van der Waals surface area contributed by atoms with Crippen LogP contribution in [0.5, 0.6) is 11.5 Å². The van der Waals surface area contributed by atoms with Crippen molar-refractivity contribution in [2.24, 2.45) is 23.2 Å². The van der Waals surface area contributed by atoms with Gasteiger partial charge in [-0.1, -0.05) is 12.1 Å². The lowest BCUT2D eigenvalue weighted by Gasteiger charge is -2.59. The summed E-state index contributed by atoms with van der Waals surface area (Å²) in [7, 11) is 0. The van der Waals surface area contributed by atoms with Crippen molar-refractivity contribution in [3.63, 3.8) is 0 Å². The molecule has 1 heterocycles. The number of hydrogen-bond donors (Lipinski definition) is 2. The fourth-order valence-electron chi connectivity index (χ4n) is 6.74. The van der Waals surface area contributed by atoms with Gasteiger partial charge in [-0.2, -0.15) is 5.26 Å². The van der Waals surface area contributed by atoms with Gasteiger partial charge in [-0.25, -0.2) is 0 Å². The van der Waals surface area contributed by atoms with Gasteiger partial charge in [0.15, 0.2) is 11.5 Å². The summed E-state index contributed by atoms with van der Waals surface area (Å²) in [5, 5.41) is 15.8. The van der Waals surface area contributed by atoms with E-state index >= 15 is 0 Å². The van der Waals surface area contributed by atoms with Crippen molar-refractivity contribution < 1.29 is 14.3 Å². The monoisotopic (exact) mass is 421 g/mol. The standard InChI is InChI=1S/C25H31N3O3/c1-16(25-9-17-6-18(10-25)8-19(7-17)11-25)28-24(29)20(12-26)13-27-14-21-15-30-22-4-2-3-5-23(22)31-21/h2-5,13,16-19,21,27H,6-11,14-15H2,1H3,(H,28,29)/b20-13-. The normalized spacial score (nSPS) is 34.0. The highest BCUT2D eigenvalue weighted by Crippen LogP contribution is 2.61. The van der Waals surface area contributed by atoms with Crippen LogP contribution in [0.1, 0.15) is 45.4 Å². The Morgan fingerprint density at radius 1 is 1.19 bits per heavy atom. The highest BCUT2D eigenvalue weighted by Gasteiger charge is 2.53. The van der Waals surface area contributed by atoms with Gasteiger partial charge in [-0.05, 0) is 80.8 Å². The van der Waals surface area contributed by atoms with Gasteiger partial charge in [0, 0.05) is 12.2 Å². The lowest BCUT2D eigenvalue weighted by molar-refractivity contribution is -0.122. The molecule has 2 N–H and O–H groups in total. The first-order valence-corrected chi connectivity index (χ1v) is 11.6. The van der Waals surface area contributed by atoms with Gasteiger partial charge in [-0.15, -0.1) is 0 Å². The topological polar surface area (TPSA) is 83.4 Å². The summed E-state index contributed by atoms with van der Waals surface area (Å²) >= 11 is 0. The predicted molar refractivity (Wildman–Crippen MR) is 116 cm³/mol. The summed E-state index contributed by atoms with van der Waals surface area (Å²) in [5.74, 6) is 3.67. The molecule has 2 unspecified atom stereocenters. The molecule has 31 heavy (non-hydrogen) atoms. The number of para-hydroxylation sites is 2. The maximum atomic E-state index is 12.8. The molecule has 4 aliphatic carbocycles. The maximum absolute atomic E-state index is 12.8. The molecule has 0 aromatic heterocycles. The van der Waals surface area contributed by atoms with Gasteiger partial charge < -0.3 is 20.1 Å². The lowest BCUT2D eigenvalue weighted by Crippen LogP contribution is -2.56. The molecule has 1 amide bonds. The van der Waals surface area contributed by atoms with Crippen molar-refractivity contribution in [2.45, 2.75) is 57.6 Å². The Hall–Kier alpha value is -2.68. The molecule has 5 aliphatic rings. The molecule has 0 saturated heterocycles. The van der Waals surface area contributed by atoms with Gasteiger partial charge in [-0.3, -0.25) is 4.79 Å². The zero-order chi connectivity index (χ0) is 21.4. The van der Waals surface area contributed by atoms with Crippen LogP contribution in [0.4, 0.5) is 0 Å². The maximum Gasteiger partial charge on any atom is 0.263 e. The molecule has 4 bridgehead atoms. The molecule has 2 atom stereocenters. The number of rotatable bonds is 6. The van der Waals surface area contributed by atoms with Crippen LogP contribution in [0.3, 0.4) is 0 Å². The molecule has 4 saturated carbocycles. The molecule has 0 spiro atoms. The van der Waals surface area contributed by atoms with E-state index in [1.165, 1.54) is 44.7 Å². The average Bonchev–Trinajstić information content (AvgIpc) is 2.75. The fraction of sp³-hybridized carbons (Fsp3) is 0.600. The van der Waals surface area contributed by atoms with Crippen molar-refractivity contribution in [3.8, 4) is 17.6 Å². The van der Waals surface area contributed by atoms with E-state index in [1.807, 2.05) is 30.3 Å². The van der Waals surface area contributed by atoms with E-state index in [2.05, 4.69) is 17.6 Å². The first-order chi connectivity index (χ1) is 15.0. The number of nitrogens with one attached hydrogen (secondary N) is 2. The Balaban J connectivity index is 1.16. The number of ether oxygens (including phenoxy) is 2. The van der Waals surface area contributed by atoms with E-state index in [4.69, 9.17) is 9.47 Å². The van der Waals surface area contributed by atoms with E-state index < -0.39 is 0 Å². The van der Waals surface area contributed by atoms with Gasteiger partial charge >= 0.3 is 0 Å². The van der Waals surface area contributed by atoms with Gasteiger partial charge in [0.2, 0.25) is 0 Å². The molecule has 1 aromatic carbocycles. The lowest BCUT2D eigenvalue weighted by atomic mass is 9.48. The number of nitriles is 1. The van der Waals surface area contributed by atoms with Crippen molar-refractivity contribution in [3.05, 3.63) is 36.0 Å². The minimum absolute atomic E-state index is 0.0942. The molecule has 164 valence electrons. The highest BCUT2D eigenvalue weighted by atomic mass is 16.6. The number of carbonyl (C=O) groups excluding carboxylic acids is 1. The number of hydrogen-bond acceptors (Lipinski definition) is 5. The molecule has 6 heteroatoms. The number of benzene rings is 1. The zero-order valence-electron chi connectivity index (χ0n) is 18.1. The van der Waals surface area contributed by atoms with Crippen LogP contribution in [0.2, 0.25) is 0 Å². The summed E-state index contributed by atoms with van der Waals surface area (Å²) in [6, 6.07) is 9.70. The van der Waals surface area contributed by atoms with Crippen molar-refractivity contribution in [1.82, 2.24) is 10.6 Å². The minimum atomic E-state index is -0.288. The van der Waals surface area contributed by atoms with Crippen LogP contribution in [-0.4, -0.2) is 31.2 Å². The minimum Gasteiger partial charge on any atom is -0.486 e. The van der Waals surface area contributed by atoms with Crippen LogP contribution < -0.4 is 20.1 Å². The van der Waals surface area contributed by atoms with E-state index in [9.17, 15) is 10.1 Å². The number of carbonyl (C=O) groups is 1. The van der Waals surface area contributed by atoms with E-state index in [0.717, 1.165) is 23.5 Å². The highest BCUT2D eigenvalue weighted by molar-refractivity contribution is 5.97. The Morgan fingerprint density at radius 2 is 1.84 bits per heavy atom. The first kappa shape index (κ1) is 20.2. The number of fused-ring (bicyclic) bond motifs is 1. The number of nitrogens with zero attached hydrogens (tertiary/aromatic N) is 1. The first-order valence-electron chi connectivity index (χ1n) is 11.6. The van der Waals surface area contributed by atoms with E-state index in [-0.39, 0.29) is 29.0 Å². The molecule has 4 fully saturated rings. The summed E-state index contributed by atoms with van der Waals surface area (Å²) in [4.78, 5) is 12.8. The van der Waals surface area contributed by atoms with Crippen LogP contribution in [0, 0.1) is 34.5 Å². The third-order valence-electron chi connectivity index (χ3n) is 7.88. The molecule has 1 aliphatic heterocycles. The van der Waals surface area contributed by atoms with Crippen LogP contribution in [0.15, 0.2) is 36.0 Å². The van der Waals surface area contributed by atoms with Crippen LogP contribution >= 0.6 is 0 Å². The molecular formula is C25H31N3O3. The zero-order valence-corrected chi connectivity index (χ0v) is 18.1. The summed E-state index contributed by atoms with van der Waals surface area (Å²) in [6.07, 6.45) is 9.14. The van der Waals surface area contributed by atoms with Crippen molar-refractivity contribution in [2.75, 3.05) is 13.2 Å². The van der Waals surface area contributed by atoms with Crippen LogP contribution in [-0.2, 0) is 4.79 Å². The number of amides is 1. The quantitative estimate of drug-likeness (QED) is 0.542. The Bertz CT molecular complexity index is 884. The van der Waals surface area contributed by atoms with Gasteiger partial charge in [0.1, 0.15) is 24.4 Å². The Labute approximate surface area is 184 Å². The molecule has 6 nitrogen and oxygen atoms in total.